The van der Waals surface area contributed by atoms with E-state index in [2.05, 4.69) is 20.9 Å². The number of hydrogen-bond donors (Lipinski definition) is 0. The Morgan fingerprint density at radius 2 is 1.86 bits per heavy atom. The van der Waals surface area contributed by atoms with Gasteiger partial charge in [-0.1, -0.05) is 27.5 Å². The molecule has 2 aromatic carbocycles. The van der Waals surface area contributed by atoms with Crippen LogP contribution in [0, 0.1) is 10.1 Å². The molecular weight excluding hydrogens is 464 g/mol. The number of carbonyl (C=O) groups is 1. The smallest absolute Gasteiger partial charge is 0.363 e. The van der Waals surface area contributed by atoms with E-state index < -0.39 is 10.9 Å². The summed E-state index contributed by atoms with van der Waals surface area (Å²) in [5, 5.41) is 11.0. The van der Waals surface area contributed by atoms with E-state index in [0.29, 0.717) is 22.6 Å². The van der Waals surface area contributed by atoms with Gasteiger partial charge in [-0.3, -0.25) is 10.1 Å². The second kappa shape index (κ2) is 7.65. The number of cyclic esters (lactones) is 1. The summed E-state index contributed by atoms with van der Waals surface area (Å²) >= 11 is 9.48. The number of halogens is 2. The maximum Gasteiger partial charge on any atom is 0.363 e. The summed E-state index contributed by atoms with van der Waals surface area (Å²) in [5.41, 5.74) is 1.15. The number of hydrogen-bond acceptors (Lipinski definition) is 6. The van der Waals surface area contributed by atoms with Crippen LogP contribution in [0.5, 0.6) is 0 Å². The predicted molar refractivity (Wildman–Crippen MR) is 111 cm³/mol. The molecule has 0 saturated carbocycles. The van der Waals surface area contributed by atoms with Crippen LogP contribution in [-0.2, 0) is 9.53 Å². The summed E-state index contributed by atoms with van der Waals surface area (Å²) in [6.07, 6.45) is 1.46. The van der Waals surface area contributed by atoms with Gasteiger partial charge in [0.25, 0.3) is 5.69 Å². The van der Waals surface area contributed by atoms with E-state index in [1.807, 2.05) is 12.1 Å². The summed E-state index contributed by atoms with van der Waals surface area (Å²) in [7, 11) is 0. The minimum atomic E-state index is -0.589. The van der Waals surface area contributed by atoms with Crippen molar-refractivity contribution >= 4 is 51.2 Å². The van der Waals surface area contributed by atoms with Crippen molar-refractivity contribution in [2.24, 2.45) is 4.99 Å². The molecule has 1 aliphatic heterocycles. The molecule has 144 valence electrons. The molecule has 0 radical (unpaired) electrons. The molecular formula is C20H10BrClN2O5. The lowest BCUT2D eigenvalue weighted by Gasteiger charge is -2.00. The fourth-order valence-corrected chi connectivity index (χ4v) is 3.18. The average molecular weight is 474 g/mol. The average Bonchev–Trinajstić information content (AvgIpc) is 3.29. The molecule has 2 heterocycles. The topological polar surface area (TPSA) is 94.9 Å². The first kappa shape index (κ1) is 19.1. The molecule has 0 bridgehead atoms. The zero-order chi connectivity index (χ0) is 20.5. The first-order valence-electron chi connectivity index (χ1n) is 8.23. The molecule has 0 fully saturated rings. The van der Waals surface area contributed by atoms with Crippen LogP contribution in [0.1, 0.15) is 11.3 Å². The van der Waals surface area contributed by atoms with Crippen LogP contribution in [0.3, 0.4) is 0 Å². The van der Waals surface area contributed by atoms with Crippen LogP contribution in [0.25, 0.3) is 17.4 Å². The largest absolute Gasteiger partial charge is 0.457 e. The Labute approximate surface area is 177 Å². The van der Waals surface area contributed by atoms with E-state index in [9.17, 15) is 14.9 Å². The fraction of sp³-hybridized carbons (Fsp3) is 0. The Balaban J connectivity index is 1.61. The van der Waals surface area contributed by atoms with Crippen LogP contribution < -0.4 is 0 Å². The van der Waals surface area contributed by atoms with Gasteiger partial charge in [0.15, 0.2) is 5.70 Å². The van der Waals surface area contributed by atoms with Gasteiger partial charge in [-0.05, 0) is 42.5 Å². The number of aliphatic imine (C=N–C) groups is 1. The maximum atomic E-state index is 12.1. The summed E-state index contributed by atoms with van der Waals surface area (Å²) in [5.74, 6) is 0.385. The van der Waals surface area contributed by atoms with Gasteiger partial charge in [0.05, 0.1) is 9.95 Å². The SMILES string of the molecule is O=C1OC(c2ccc(Br)cc2)=N/C1=C\c1ccc(-c2ccc([N+](=O)[O-])cc2Cl)o1. The van der Waals surface area contributed by atoms with Crippen LogP contribution in [0.2, 0.25) is 5.02 Å². The summed E-state index contributed by atoms with van der Waals surface area (Å²) < 4.78 is 11.8. The molecule has 7 nitrogen and oxygen atoms in total. The Bertz CT molecular complexity index is 1200. The van der Waals surface area contributed by atoms with Crippen molar-refractivity contribution in [1.82, 2.24) is 0 Å². The highest BCUT2D eigenvalue weighted by Crippen LogP contribution is 2.33. The zero-order valence-electron chi connectivity index (χ0n) is 14.5. The van der Waals surface area contributed by atoms with Gasteiger partial charge < -0.3 is 9.15 Å². The molecule has 0 atom stereocenters. The van der Waals surface area contributed by atoms with E-state index >= 15 is 0 Å². The molecule has 0 aliphatic carbocycles. The van der Waals surface area contributed by atoms with Crippen LogP contribution >= 0.6 is 27.5 Å². The second-order valence-electron chi connectivity index (χ2n) is 5.97. The lowest BCUT2D eigenvalue weighted by molar-refractivity contribution is -0.384. The molecule has 0 spiro atoms. The Morgan fingerprint density at radius 1 is 1.10 bits per heavy atom. The number of rotatable bonds is 4. The molecule has 4 rings (SSSR count). The quantitative estimate of drug-likeness (QED) is 0.212. The van der Waals surface area contributed by atoms with Gasteiger partial charge in [-0.15, -0.1) is 0 Å². The summed E-state index contributed by atoms with van der Waals surface area (Å²) in [6, 6.07) is 14.6. The van der Waals surface area contributed by atoms with Gasteiger partial charge in [0.2, 0.25) is 5.90 Å². The number of nitro groups is 1. The Kier molecular flexibility index (Phi) is 5.04. The van der Waals surface area contributed by atoms with Crippen molar-refractivity contribution in [2.45, 2.75) is 0 Å². The van der Waals surface area contributed by atoms with Crippen molar-refractivity contribution < 1.29 is 18.9 Å². The van der Waals surface area contributed by atoms with Crippen molar-refractivity contribution in [3.8, 4) is 11.3 Å². The molecule has 0 unspecified atom stereocenters. The van der Waals surface area contributed by atoms with Gasteiger partial charge in [0, 0.05) is 33.8 Å². The van der Waals surface area contributed by atoms with Gasteiger partial charge in [0.1, 0.15) is 11.5 Å². The Hall–Kier alpha value is -3.23. The number of non-ortho nitro benzene ring substituents is 1. The highest BCUT2D eigenvalue weighted by molar-refractivity contribution is 9.10. The predicted octanol–water partition coefficient (Wildman–Crippen LogP) is 5.62. The number of ether oxygens (including phenoxy) is 1. The van der Waals surface area contributed by atoms with Crippen molar-refractivity contribution in [2.75, 3.05) is 0 Å². The third-order valence-corrected chi connectivity index (χ3v) is 4.89. The lowest BCUT2D eigenvalue weighted by atomic mass is 10.1. The molecule has 29 heavy (non-hydrogen) atoms. The molecule has 1 aliphatic rings. The number of esters is 1. The monoisotopic (exact) mass is 472 g/mol. The van der Waals surface area contributed by atoms with E-state index in [1.54, 1.807) is 24.3 Å². The van der Waals surface area contributed by atoms with Crippen molar-refractivity contribution in [3.05, 3.63) is 91.2 Å². The molecule has 0 N–H and O–H groups in total. The number of furan rings is 1. The number of carbonyl (C=O) groups excluding carboxylic acids is 1. The molecule has 9 heteroatoms. The highest BCUT2D eigenvalue weighted by atomic mass is 79.9. The molecule has 0 saturated heterocycles. The maximum absolute atomic E-state index is 12.1. The van der Waals surface area contributed by atoms with Crippen molar-refractivity contribution in [3.63, 3.8) is 0 Å². The van der Waals surface area contributed by atoms with Gasteiger partial charge in [-0.2, -0.15) is 0 Å². The lowest BCUT2D eigenvalue weighted by Crippen LogP contribution is -2.05. The van der Waals surface area contributed by atoms with Crippen LogP contribution in [-0.4, -0.2) is 16.8 Å². The van der Waals surface area contributed by atoms with E-state index in [1.165, 1.54) is 24.3 Å². The molecule has 1 aromatic heterocycles. The van der Waals surface area contributed by atoms with E-state index in [4.69, 9.17) is 20.8 Å². The standard InChI is InChI=1S/C20H10BrClN2O5/c21-12-3-1-11(2-4-12)19-23-17(20(25)29-19)10-14-6-8-18(28-14)15-7-5-13(24(26)27)9-16(15)22/h1-10H/b17-10-. The minimum absolute atomic E-state index is 0.0959. The molecule has 0 amide bonds. The second-order valence-corrected chi connectivity index (χ2v) is 7.29. The zero-order valence-corrected chi connectivity index (χ0v) is 16.8. The molecule has 3 aromatic rings. The minimum Gasteiger partial charge on any atom is -0.457 e. The number of benzene rings is 2. The van der Waals surface area contributed by atoms with Gasteiger partial charge in [-0.25, -0.2) is 9.79 Å². The number of nitrogens with zero attached hydrogens (tertiary/aromatic N) is 2. The van der Waals surface area contributed by atoms with Gasteiger partial charge >= 0.3 is 5.97 Å². The third-order valence-electron chi connectivity index (χ3n) is 4.05. The van der Waals surface area contributed by atoms with E-state index in [-0.39, 0.29) is 22.3 Å². The van der Waals surface area contributed by atoms with E-state index in [0.717, 1.165) is 4.47 Å². The summed E-state index contributed by atoms with van der Waals surface area (Å²) in [4.78, 5) is 26.6. The third kappa shape index (κ3) is 3.98. The van der Waals surface area contributed by atoms with Crippen molar-refractivity contribution in [1.29, 1.82) is 0 Å². The fourth-order valence-electron chi connectivity index (χ4n) is 2.65. The normalized spacial score (nSPS) is 14.8. The highest BCUT2D eigenvalue weighted by Gasteiger charge is 2.24. The first-order valence-corrected chi connectivity index (χ1v) is 9.40. The first-order chi connectivity index (χ1) is 13.9. The Morgan fingerprint density at radius 3 is 2.55 bits per heavy atom. The van der Waals surface area contributed by atoms with Crippen LogP contribution in [0.4, 0.5) is 5.69 Å². The summed E-state index contributed by atoms with van der Waals surface area (Å²) in [6.45, 7) is 0. The van der Waals surface area contributed by atoms with Crippen LogP contribution in [0.15, 0.2) is 74.2 Å². The number of nitro benzene ring substituents is 1.